The van der Waals surface area contributed by atoms with Gasteiger partial charge in [-0.1, -0.05) is 6.92 Å². The molecular weight excluding hydrogens is 247 g/mol. The Kier molecular flexibility index (Phi) is 4.77. The van der Waals surface area contributed by atoms with E-state index in [0.717, 1.165) is 6.42 Å². The lowest BCUT2D eigenvalue weighted by molar-refractivity contribution is -0.119. The van der Waals surface area contributed by atoms with Crippen LogP contribution in [0.25, 0.3) is 0 Å². The van der Waals surface area contributed by atoms with Crippen LogP contribution in [0.1, 0.15) is 38.2 Å². The van der Waals surface area contributed by atoms with E-state index < -0.39 is 0 Å². The predicted molar refractivity (Wildman–Crippen MR) is 70.2 cm³/mol. The number of halogens is 1. The van der Waals surface area contributed by atoms with Crippen LogP contribution in [0.3, 0.4) is 0 Å². The number of hydrogen-bond donors (Lipinski definition) is 0. The molecule has 0 amide bonds. The minimum absolute atomic E-state index is 0.250. The molecule has 1 aliphatic heterocycles. The molecule has 2 rings (SSSR count). The number of ketones is 1. The van der Waals surface area contributed by atoms with Gasteiger partial charge in [0.05, 0.1) is 0 Å². The Bertz CT molecular complexity index is 457. The summed E-state index contributed by atoms with van der Waals surface area (Å²) >= 11 is 0. The van der Waals surface area contributed by atoms with Crippen molar-refractivity contribution in [2.24, 2.45) is 0 Å². The molecule has 19 heavy (non-hydrogen) atoms. The van der Waals surface area contributed by atoms with Crippen LogP contribution in [0.15, 0.2) is 12.1 Å². The molecule has 1 aliphatic rings. The molecule has 0 N–H and O–H groups in total. The quantitative estimate of drug-likeness (QED) is 0.792. The molecule has 0 aromatic heterocycles. The average Bonchev–Trinajstić information content (AvgIpc) is 2.39. The van der Waals surface area contributed by atoms with Crippen molar-refractivity contribution < 1.29 is 18.7 Å². The van der Waals surface area contributed by atoms with E-state index in [9.17, 15) is 9.18 Å². The number of rotatable bonds is 6. The highest BCUT2D eigenvalue weighted by atomic mass is 19.1. The lowest BCUT2D eigenvalue weighted by atomic mass is 10.0. The van der Waals surface area contributed by atoms with Gasteiger partial charge in [0.1, 0.15) is 24.8 Å². The van der Waals surface area contributed by atoms with Crippen LogP contribution < -0.4 is 9.47 Å². The number of carbonyl (C=O) groups is 1. The molecule has 1 aromatic carbocycles. The summed E-state index contributed by atoms with van der Waals surface area (Å²) in [6.45, 7) is 2.93. The second kappa shape index (κ2) is 6.55. The number of carbonyl (C=O) groups excluding carboxylic acids is 1. The molecule has 104 valence electrons. The summed E-state index contributed by atoms with van der Waals surface area (Å²) in [5.41, 5.74) is 0.591. The zero-order valence-electron chi connectivity index (χ0n) is 11.2. The first kappa shape index (κ1) is 13.8. The van der Waals surface area contributed by atoms with Gasteiger partial charge >= 0.3 is 0 Å². The van der Waals surface area contributed by atoms with Crippen molar-refractivity contribution in [2.75, 3.05) is 13.2 Å². The number of Topliss-reactive ketones (excluding diaryl/α,β-unsaturated/α-hetero) is 1. The maximum atomic E-state index is 13.8. The molecule has 0 saturated carbocycles. The highest BCUT2D eigenvalue weighted by molar-refractivity contribution is 5.78. The molecule has 3 nitrogen and oxygen atoms in total. The standard InChI is InChI=1S/C15H19FO3/c1-2-4-12(17)6-3-5-11-9-14-15(10-13(11)16)19-8-7-18-14/h9-10H,2-8H2,1H3. The van der Waals surface area contributed by atoms with Crippen LogP contribution in [0.4, 0.5) is 4.39 Å². The van der Waals surface area contributed by atoms with Gasteiger partial charge in [0, 0.05) is 18.9 Å². The molecule has 0 atom stereocenters. The van der Waals surface area contributed by atoms with Gasteiger partial charge in [-0.05, 0) is 30.9 Å². The summed E-state index contributed by atoms with van der Waals surface area (Å²) in [5.74, 6) is 1.03. The molecule has 0 fully saturated rings. The Balaban J connectivity index is 1.95. The zero-order valence-corrected chi connectivity index (χ0v) is 11.2. The van der Waals surface area contributed by atoms with E-state index in [1.807, 2.05) is 6.92 Å². The lowest BCUT2D eigenvalue weighted by Crippen LogP contribution is -2.16. The van der Waals surface area contributed by atoms with E-state index in [2.05, 4.69) is 0 Å². The van der Waals surface area contributed by atoms with Gasteiger partial charge in [-0.2, -0.15) is 0 Å². The van der Waals surface area contributed by atoms with Gasteiger partial charge in [-0.25, -0.2) is 4.39 Å². The molecule has 1 aromatic rings. The van der Waals surface area contributed by atoms with E-state index in [1.165, 1.54) is 6.07 Å². The molecule has 0 bridgehead atoms. The Labute approximate surface area is 112 Å². The first-order valence-electron chi connectivity index (χ1n) is 6.80. The van der Waals surface area contributed by atoms with E-state index in [4.69, 9.17) is 9.47 Å². The molecule has 4 heteroatoms. The van der Waals surface area contributed by atoms with Crippen molar-refractivity contribution >= 4 is 5.78 Å². The van der Waals surface area contributed by atoms with Gasteiger partial charge < -0.3 is 9.47 Å². The summed E-state index contributed by atoms with van der Waals surface area (Å²) in [7, 11) is 0. The Hall–Kier alpha value is -1.58. The van der Waals surface area contributed by atoms with E-state index >= 15 is 0 Å². The second-order valence-electron chi connectivity index (χ2n) is 4.73. The average molecular weight is 266 g/mol. The molecule has 0 aliphatic carbocycles. The van der Waals surface area contributed by atoms with Crippen molar-refractivity contribution in [1.82, 2.24) is 0 Å². The van der Waals surface area contributed by atoms with Gasteiger partial charge in [0.2, 0.25) is 0 Å². The minimum atomic E-state index is -0.285. The van der Waals surface area contributed by atoms with Gasteiger partial charge in [0.25, 0.3) is 0 Å². The van der Waals surface area contributed by atoms with Crippen LogP contribution in [-0.4, -0.2) is 19.0 Å². The third-order valence-corrected chi connectivity index (χ3v) is 3.14. The SMILES string of the molecule is CCCC(=O)CCCc1cc2c(cc1F)OCCO2. The molecule has 0 spiro atoms. The fourth-order valence-corrected chi connectivity index (χ4v) is 2.18. The number of benzene rings is 1. The molecule has 0 unspecified atom stereocenters. The van der Waals surface area contributed by atoms with Crippen molar-refractivity contribution in [3.05, 3.63) is 23.5 Å². The highest BCUT2D eigenvalue weighted by Gasteiger charge is 2.15. The third kappa shape index (κ3) is 3.69. The lowest BCUT2D eigenvalue weighted by Gasteiger charge is -2.19. The van der Waals surface area contributed by atoms with Crippen LogP contribution in [0.5, 0.6) is 11.5 Å². The Morgan fingerprint density at radius 3 is 2.58 bits per heavy atom. The van der Waals surface area contributed by atoms with Crippen LogP contribution >= 0.6 is 0 Å². The first-order chi connectivity index (χ1) is 9.20. The van der Waals surface area contributed by atoms with Crippen molar-refractivity contribution in [3.63, 3.8) is 0 Å². The van der Waals surface area contributed by atoms with E-state index in [0.29, 0.717) is 56.0 Å². The highest BCUT2D eigenvalue weighted by Crippen LogP contribution is 2.33. The van der Waals surface area contributed by atoms with Gasteiger partial charge in [-0.15, -0.1) is 0 Å². The Morgan fingerprint density at radius 2 is 1.89 bits per heavy atom. The van der Waals surface area contributed by atoms with Gasteiger partial charge in [-0.3, -0.25) is 4.79 Å². The first-order valence-corrected chi connectivity index (χ1v) is 6.80. The smallest absolute Gasteiger partial charge is 0.164 e. The topological polar surface area (TPSA) is 35.5 Å². The molecule has 0 saturated heterocycles. The summed E-state index contributed by atoms with van der Waals surface area (Å²) in [6, 6.07) is 3.06. The number of ether oxygens (including phenoxy) is 2. The largest absolute Gasteiger partial charge is 0.486 e. The van der Waals surface area contributed by atoms with Crippen LogP contribution in [0, 0.1) is 5.82 Å². The zero-order chi connectivity index (χ0) is 13.7. The van der Waals surface area contributed by atoms with Crippen molar-refractivity contribution in [3.8, 4) is 11.5 Å². The number of hydrogen-bond acceptors (Lipinski definition) is 3. The van der Waals surface area contributed by atoms with E-state index in [1.54, 1.807) is 6.07 Å². The monoisotopic (exact) mass is 266 g/mol. The fraction of sp³-hybridized carbons (Fsp3) is 0.533. The number of aryl methyl sites for hydroxylation is 1. The van der Waals surface area contributed by atoms with Crippen LogP contribution in [-0.2, 0) is 11.2 Å². The van der Waals surface area contributed by atoms with Gasteiger partial charge in [0.15, 0.2) is 11.5 Å². The Morgan fingerprint density at radius 1 is 1.21 bits per heavy atom. The maximum absolute atomic E-state index is 13.8. The summed E-state index contributed by atoms with van der Waals surface area (Å²) in [5, 5.41) is 0. The maximum Gasteiger partial charge on any atom is 0.164 e. The molecule has 1 heterocycles. The van der Waals surface area contributed by atoms with Crippen molar-refractivity contribution in [1.29, 1.82) is 0 Å². The summed E-state index contributed by atoms with van der Waals surface area (Å²) in [4.78, 5) is 11.4. The normalized spacial score (nSPS) is 13.4. The fourth-order valence-electron chi connectivity index (χ4n) is 2.18. The van der Waals surface area contributed by atoms with Crippen molar-refractivity contribution in [2.45, 2.75) is 39.0 Å². The summed E-state index contributed by atoms with van der Waals surface area (Å²) in [6.07, 6.45) is 3.23. The third-order valence-electron chi connectivity index (χ3n) is 3.14. The minimum Gasteiger partial charge on any atom is -0.486 e. The summed E-state index contributed by atoms with van der Waals surface area (Å²) < 4.78 is 24.6. The van der Waals surface area contributed by atoms with E-state index in [-0.39, 0.29) is 11.6 Å². The number of fused-ring (bicyclic) bond motifs is 1. The predicted octanol–water partition coefficient (Wildman–Crippen LogP) is 3.29. The molecule has 0 radical (unpaired) electrons. The van der Waals surface area contributed by atoms with Crippen LogP contribution in [0.2, 0.25) is 0 Å². The molecular formula is C15H19FO3. The second-order valence-corrected chi connectivity index (χ2v) is 4.73.